The zero-order valence-corrected chi connectivity index (χ0v) is 7.94. The van der Waals surface area contributed by atoms with Crippen molar-refractivity contribution in [2.45, 2.75) is 0 Å². The summed E-state index contributed by atoms with van der Waals surface area (Å²) in [4.78, 5) is 6.35. The molecule has 0 bridgehead atoms. The fourth-order valence-electron chi connectivity index (χ4n) is 1.18. The average Bonchev–Trinajstić information content (AvgIpc) is 2.30. The molecule has 0 aliphatic heterocycles. The largest absolute Gasteiger partial charge is 0.313 e. The number of allylic oxidation sites excluding steroid dienone is 1. The summed E-state index contributed by atoms with van der Waals surface area (Å²) in [5.74, 6) is 0. The Bertz CT molecular complexity index is 476. The van der Waals surface area contributed by atoms with Crippen LogP contribution in [-0.2, 0) is 0 Å². The SMILES string of the molecule is [C-]#[N+]C/C(=C(/C#N)[N+]#[C-])c1ccccc1. The van der Waals surface area contributed by atoms with Gasteiger partial charge in [0.05, 0.1) is 18.2 Å². The lowest BCUT2D eigenvalue weighted by atomic mass is 10.0. The van der Waals surface area contributed by atoms with E-state index in [9.17, 15) is 0 Å². The summed E-state index contributed by atoms with van der Waals surface area (Å²) in [7, 11) is 0. The zero-order chi connectivity index (χ0) is 11.1. The molecule has 0 aliphatic carbocycles. The van der Waals surface area contributed by atoms with Crippen LogP contribution in [0.3, 0.4) is 0 Å². The van der Waals surface area contributed by atoms with Gasteiger partial charge in [-0.1, -0.05) is 30.3 Å². The first-order valence-corrected chi connectivity index (χ1v) is 4.22. The van der Waals surface area contributed by atoms with Crippen LogP contribution in [-0.4, -0.2) is 6.54 Å². The molecule has 0 heterocycles. The summed E-state index contributed by atoms with van der Waals surface area (Å²) in [5, 5.41) is 8.76. The molecule has 1 rings (SSSR count). The highest BCUT2D eigenvalue weighted by Gasteiger charge is 2.11. The molecule has 0 aromatic heterocycles. The Balaban J connectivity index is 3.30. The van der Waals surface area contributed by atoms with Crippen LogP contribution in [0.5, 0.6) is 0 Å². The van der Waals surface area contributed by atoms with Crippen molar-refractivity contribution in [3.8, 4) is 6.07 Å². The molecule has 0 atom stereocenters. The Morgan fingerprint density at radius 3 is 2.40 bits per heavy atom. The Kier molecular flexibility index (Phi) is 3.66. The van der Waals surface area contributed by atoms with Gasteiger partial charge in [-0.3, -0.25) is 0 Å². The van der Waals surface area contributed by atoms with Gasteiger partial charge in [0, 0.05) is 0 Å². The lowest BCUT2D eigenvalue weighted by Gasteiger charge is -2.00. The first-order valence-electron chi connectivity index (χ1n) is 4.22. The number of nitriles is 1. The predicted octanol–water partition coefficient (Wildman–Crippen LogP) is 2.76. The van der Waals surface area contributed by atoms with Gasteiger partial charge in [-0.15, -0.1) is 0 Å². The van der Waals surface area contributed by atoms with Gasteiger partial charge in [0.15, 0.2) is 0 Å². The number of hydrogen-bond acceptors (Lipinski definition) is 1. The summed E-state index contributed by atoms with van der Waals surface area (Å²) >= 11 is 0. The maximum absolute atomic E-state index is 8.76. The van der Waals surface area contributed by atoms with E-state index in [0.717, 1.165) is 5.56 Å². The van der Waals surface area contributed by atoms with Gasteiger partial charge < -0.3 is 4.85 Å². The van der Waals surface area contributed by atoms with Crippen LogP contribution >= 0.6 is 0 Å². The van der Waals surface area contributed by atoms with E-state index < -0.39 is 0 Å². The van der Waals surface area contributed by atoms with E-state index in [1.54, 1.807) is 12.1 Å². The zero-order valence-electron chi connectivity index (χ0n) is 7.94. The smallest absolute Gasteiger partial charge is 0.272 e. The first-order chi connectivity index (χ1) is 7.33. The summed E-state index contributed by atoms with van der Waals surface area (Å²) < 4.78 is 0. The van der Waals surface area contributed by atoms with Crippen molar-refractivity contribution in [2.75, 3.05) is 6.54 Å². The van der Waals surface area contributed by atoms with Crippen LogP contribution in [0.2, 0.25) is 0 Å². The van der Waals surface area contributed by atoms with Crippen molar-refractivity contribution >= 4 is 5.57 Å². The van der Waals surface area contributed by atoms with Crippen molar-refractivity contribution in [2.24, 2.45) is 0 Å². The lowest BCUT2D eigenvalue weighted by Crippen LogP contribution is -1.90. The molecular weight excluding hydrogens is 186 g/mol. The highest BCUT2D eigenvalue weighted by molar-refractivity contribution is 5.75. The Hall–Kier alpha value is -2.57. The second-order valence-corrected chi connectivity index (χ2v) is 2.73. The second-order valence-electron chi connectivity index (χ2n) is 2.73. The quantitative estimate of drug-likeness (QED) is 0.525. The van der Waals surface area contributed by atoms with Crippen LogP contribution in [0.15, 0.2) is 36.0 Å². The van der Waals surface area contributed by atoms with Gasteiger partial charge in [0.2, 0.25) is 6.54 Å². The van der Waals surface area contributed by atoms with Crippen molar-refractivity contribution in [1.82, 2.24) is 0 Å². The van der Waals surface area contributed by atoms with Crippen molar-refractivity contribution in [3.05, 3.63) is 64.4 Å². The normalized spacial score (nSPS) is 10.5. The highest BCUT2D eigenvalue weighted by Crippen LogP contribution is 2.19. The average molecular weight is 193 g/mol. The summed E-state index contributed by atoms with van der Waals surface area (Å²) in [6.07, 6.45) is 0. The molecule has 0 fully saturated rings. The maximum Gasteiger partial charge on any atom is 0.272 e. The number of nitrogens with zero attached hydrogens (tertiary/aromatic N) is 3. The third kappa shape index (κ3) is 2.44. The fraction of sp³-hybridized carbons (Fsp3) is 0.0833. The first kappa shape index (κ1) is 10.5. The summed E-state index contributed by atoms with van der Waals surface area (Å²) in [6.45, 7) is 13.7. The Morgan fingerprint density at radius 1 is 1.27 bits per heavy atom. The molecule has 0 N–H and O–H groups in total. The highest BCUT2D eigenvalue weighted by atomic mass is 14.7. The van der Waals surface area contributed by atoms with E-state index in [4.69, 9.17) is 18.4 Å². The van der Waals surface area contributed by atoms with Crippen LogP contribution in [0.4, 0.5) is 0 Å². The number of rotatable bonds is 2. The summed E-state index contributed by atoms with van der Waals surface area (Å²) in [6, 6.07) is 10.9. The molecule has 3 heteroatoms. The van der Waals surface area contributed by atoms with E-state index in [0.29, 0.717) is 5.57 Å². The maximum atomic E-state index is 8.76. The van der Waals surface area contributed by atoms with Gasteiger partial charge in [-0.25, -0.2) is 16.7 Å². The molecule has 70 valence electrons. The van der Waals surface area contributed by atoms with Crippen molar-refractivity contribution < 1.29 is 0 Å². The molecule has 0 unspecified atom stereocenters. The molecule has 0 spiro atoms. The van der Waals surface area contributed by atoms with Gasteiger partial charge >= 0.3 is 0 Å². The minimum atomic E-state index is -0.00259. The minimum absolute atomic E-state index is 0.00259. The molecule has 1 aromatic rings. The van der Waals surface area contributed by atoms with E-state index >= 15 is 0 Å². The molecule has 0 saturated heterocycles. The lowest BCUT2D eigenvalue weighted by molar-refractivity contribution is 1.43. The molecule has 1 aromatic carbocycles. The van der Waals surface area contributed by atoms with Crippen LogP contribution in [0.25, 0.3) is 15.3 Å². The van der Waals surface area contributed by atoms with Gasteiger partial charge in [-0.05, 0) is 5.56 Å². The molecule has 0 aliphatic rings. The van der Waals surface area contributed by atoms with Crippen LogP contribution in [0, 0.1) is 24.5 Å². The molecule has 15 heavy (non-hydrogen) atoms. The van der Waals surface area contributed by atoms with Crippen LogP contribution in [0.1, 0.15) is 5.56 Å². The molecule has 0 saturated carbocycles. The molecule has 3 nitrogen and oxygen atoms in total. The second kappa shape index (κ2) is 5.22. The van der Waals surface area contributed by atoms with Gasteiger partial charge in [0.1, 0.15) is 0 Å². The third-order valence-corrected chi connectivity index (χ3v) is 1.86. The topological polar surface area (TPSA) is 32.5 Å². The predicted molar refractivity (Wildman–Crippen MR) is 57.0 cm³/mol. The fourth-order valence-corrected chi connectivity index (χ4v) is 1.18. The van der Waals surface area contributed by atoms with Gasteiger partial charge in [0.25, 0.3) is 5.70 Å². The summed E-state index contributed by atoms with van der Waals surface area (Å²) in [5.41, 5.74) is 1.27. The Labute approximate surface area is 88.5 Å². The Morgan fingerprint density at radius 2 is 1.93 bits per heavy atom. The van der Waals surface area contributed by atoms with Gasteiger partial charge in [-0.2, -0.15) is 0 Å². The third-order valence-electron chi connectivity index (χ3n) is 1.86. The molecular formula is C12H7N3. The van der Waals surface area contributed by atoms with Crippen LogP contribution < -0.4 is 0 Å². The number of hydrogen-bond donors (Lipinski definition) is 0. The molecule has 0 radical (unpaired) electrons. The van der Waals surface area contributed by atoms with Crippen molar-refractivity contribution in [3.63, 3.8) is 0 Å². The van der Waals surface area contributed by atoms with E-state index in [1.807, 2.05) is 24.3 Å². The van der Waals surface area contributed by atoms with Crippen molar-refractivity contribution in [1.29, 1.82) is 5.26 Å². The standard InChI is InChI=1S/C12H7N3/c1-14-9-11(12(8-13)15-2)10-6-4-3-5-7-10/h3-7H,9H2/b12-11+. The van der Waals surface area contributed by atoms with E-state index in [1.165, 1.54) is 0 Å². The monoisotopic (exact) mass is 193 g/mol. The van der Waals surface area contributed by atoms with E-state index in [2.05, 4.69) is 9.69 Å². The molecule has 0 amide bonds. The minimum Gasteiger partial charge on any atom is -0.313 e. The van der Waals surface area contributed by atoms with E-state index in [-0.39, 0.29) is 12.2 Å². The number of benzene rings is 1.